The van der Waals surface area contributed by atoms with Crippen LogP contribution in [0.1, 0.15) is 27.2 Å². The second kappa shape index (κ2) is 8.71. The molecule has 0 atom stereocenters. The number of methoxy groups -OCH3 is 1. The molecule has 0 aliphatic carbocycles. The van der Waals surface area contributed by atoms with Crippen LogP contribution in [-0.2, 0) is 6.18 Å². The maximum Gasteiger partial charge on any atom is 0.435 e. The lowest BCUT2D eigenvalue weighted by Crippen LogP contribution is -2.18. The lowest BCUT2D eigenvalue weighted by atomic mass is 10.2. The van der Waals surface area contributed by atoms with Crippen LogP contribution in [0.15, 0.2) is 48.5 Å². The number of aromatic nitrogens is 2. The zero-order chi connectivity index (χ0) is 22.6. The molecule has 2 aromatic carbocycles. The Kier molecular flexibility index (Phi) is 6.06. The highest BCUT2D eigenvalue weighted by Crippen LogP contribution is 2.35. The van der Waals surface area contributed by atoms with Crippen LogP contribution < -0.4 is 14.8 Å². The van der Waals surface area contributed by atoms with E-state index in [-0.39, 0.29) is 17.1 Å². The van der Waals surface area contributed by atoms with Gasteiger partial charge in [0.1, 0.15) is 5.56 Å². The molecule has 158 valence electrons. The fraction of sp³-hybridized carbons (Fsp3) is 0.143. The lowest BCUT2D eigenvalue weighted by Gasteiger charge is -2.14. The number of carbonyl (C=O) groups excluding carboxylic acids is 1. The summed E-state index contributed by atoms with van der Waals surface area (Å²) in [7, 11) is 1.33. The van der Waals surface area contributed by atoms with E-state index in [0.717, 1.165) is 5.56 Å². The smallest absolute Gasteiger partial charge is 0.435 e. The molecule has 1 amide bonds. The number of hydrogen-bond donors (Lipinski definition) is 1. The van der Waals surface area contributed by atoms with Gasteiger partial charge >= 0.3 is 6.18 Å². The van der Waals surface area contributed by atoms with Crippen LogP contribution in [0.3, 0.4) is 0 Å². The second-order valence-electron chi connectivity index (χ2n) is 6.35. The quantitative estimate of drug-likeness (QED) is 0.631. The number of halogens is 3. The number of amides is 1. The Morgan fingerprint density at radius 1 is 1.10 bits per heavy atom. The molecule has 0 fully saturated rings. The number of hydrogen-bond acceptors (Lipinski definition) is 6. The topological polar surface area (TPSA) is 97.1 Å². The van der Waals surface area contributed by atoms with E-state index in [1.165, 1.54) is 25.3 Å². The van der Waals surface area contributed by atoms with Crippen molar-refractivity contribution in [3.8, 4) is 23.4 Å². The molecule has 0 aliphatic rings. The first kappa shape index (κ1) is 21.6. The van der Waals surface area contributed by atoms with E-state index in [4.69, 9.17) is 14.7 Å². The fourth-order valence-electron chi connectivity index (χ4n) is 2.60. The van der Waals surface area contributed by atoms with Gasteiger partial charge in [0.05, 0.1) is 18.7 Å². The molecule has 0 bridgehead atoms. The van der Waals surface area contributed by atoms with E-state index in [1.807, 2.05) is 6.07 Å². The van der Waals surface area contributed by atoms with Crippen molar-refractivity contribution in [2.24, 2.45) is 0 Å². The number of rotatable bonds is 5. The van der Waals surface area contributed by atoms with Gasteiger partial charge in [-0.15, -0.1) is 10.2 Å². The van der Waals surface area contributed by atoms with Gasteiger partial charge in [-0.3, -0.25) is 4.79 Å². The van der Waals surface area contributed by atoms with Gasteiger partial charge in [0.2, 0.25) is 0 Å². The van der Waals surface area contributed by atoms with Gasteiger partial charge in [-0.1, -0.05) is 12.1 Å². The number of ether oxygens (including phenoxy) is 2. The van der Waals surface area contributed by atoms with Crippen LogP contribution in [0.5, 0.6) is 17.4 Å². The minimum atomic E-state index is -4.81. The average Bonchev–Trinajstić information content (AvgIpc) is 2.73. The number of aryl methyl sites for hydroxylation is 1. The summed E-state index contributed by atoms with van der Waals surface area (Å²) in [5, 5.41) is 18.1. The minimum Gasteiger partial charge on any atom is -0.493 e. The van der Waals surface area contributed by atoms with Crippen LogP contribution in [0.4, 0.5) is 18.9 Å². The van der Waals surface area contributed by atoms with Gasteiger partial charge in [-0.05, 0) is 42.8 Å². The van der Waals surface area contributed by atoms with Crippen molar-refractivity contribution in [2.45, 2.75) is 13.1 Å². The third-order valence-electron chi connectivity index (χ3n) is 4.07. The third-order valence-corrected chi connectivity index (χ3v) is 4.07. The molecule has 3 aromatic rings. The van der Waals surface area contributed by atoms with Crippen molar-refractivity contribution in [1.82, 2.24) is 10.2 Å². The average molecular weight is 428 g/mol. The van der Waals surface area contributed by atoms with Gasteiger partial charge in [0.25, 0.3) is 11.8 Å². The summed E-state index contributed by atoms with van der Waals surface area (Å²) in [6.45, 7) is 1.80. The largest absolute Gasteiger partial charge is 0.493 e. The summed E-state index contributed by atoms with van der Waals surface area (Å²) in [5.41, 5.74) is -0.311. The molecule has 1 aromatic heterocycles. The van der Waals surface area contributed by atoms with Crippen molar-refractivity contribution in [1.29, 1.82) is 5.26 Å². The molecule has 0 saturated heterocycles. The number of alkyl halides is 3. The number of anilines is 1. The fourth-order valence-corrected chi connectivity index (χ4v) is 2.60. The molecule has 10 heteroatoms. The van der Waals surface area contributed by atoms with E-state index < -0.39 is 29.2 Å². The number of nitriles is 1. The Morgan fingerprint density at radius 3 is 2.52 bits per heavy atom. The summed E-state index contributed by atoms with van der Waals surface area (Å²) in [4.78, 5) is 12.8. The van der Waals surface area contributed by atoms with E-state index in [1.54, 1.807) is 31.2 Å². The molecule has 0 radical (unpaired) electrons. The maximum atomic E-state index is 13.1. The van der Waals surface area contributed by atoms with E-state index in [9.17, 15) is 18.0 Å². The third kappa shape index (κ3) is 5.08. The number of benzene rings is 2. The molecule has 7 nitrogen and oxygen atoms in total. The highest BCUT2D eigenvalue weighted by Gasteiger charge is 2.35. The van der Waals surface area contributed by atoms with Crippen molar-refractivity contribution >= 4 is 11.6 Å². The SMILES string of the molecule is COc1cc(C#N)ccc1Oc1nnc(C(F)(F)F)cc1C(=O)Nc1cccc(C)c1. The Bertz CT molecular complexity index is 1170. The second-order valence-corrected chi connectivity index (χ2v) is 6.35. The molecule has 1 N–H and O–H groups in total. The van der Waals surface area contributed by atoms with Gasteiger partial charge in [-0.2, -0.15) is 18.4 Å². The van der Waals surface area contributed by atoms with Crippen molar-refractivity contribution in [3.63, 3.8) is 0 Å². The highest BCUT2D eigenvalue weighted by molar-refractivity contribution is 6.06. The van der Waals surface area contributed by atoms with E-state index >= 15 is 0 Å². The van der Waals surface area contributed by atoms with E-state index in [0.29, 0.717) is 11.8 Å². The molecule has 31 heavy (non-hydrogen) atoms. The van der Waals surface area contributed by atoms with Crippen LogP contribution in [0, 0.1) is 18.3 Å². The summed E-state index contributed by atoms with van der Waals surface area (Å²) >= 11 is 0. The highest BCUT2D eigenvalue weighted by atomic mass is 19.4. The van der Waals surface area contributed by atoms with Crippen LogP contribution in [0.2, 0.25) is 0 Å². The monoisotopic (exact) mass is 428 g/mol. The molecule has 3 rings (SSSR count). The van der Waals surface area contributed by atoms with Crippen molar-refractivity contribution in [2.75, 3.05) is 12.4 Å². The Balaban J connectivity index is 2.02. The Labute approximate surface area is 175 Å². The molecule has 0 spiro atoms. The maximum absolute atomic E-state index is 13.1. The summed E-state index contributed by atoms with van der Waals surface area (Å²) in [6, 6.07) is 13.4. The summed E-state index contributed by atoms with van der Waals surface area (Å²) < 4.78 is 50.1. The predicted octanol–water partition coefficient (Wildman–Crippen LogP) is 4.73. The van der Waals surface area contributed by atoms with Gasteiger partial charge < -0.3 is 14.8 Å². The van der Waals surface area contributed by atoms with Crippen LogP contribution in [-0.4, -0.2) is 23.2 Å². The first-order valence-corrected chi connectivity index (χ1v) is 8.80. The molecule has 0 saturated carbocycles. The lowest BCUT2D eigenvalue weighted by molar-refractivity contribution is -0.141. The van der Waals surface area contributed by atoms with Crippen LogP contribution >= 0.6 is 0 Å². The van der Waals surface area contributed by atoms with Gasteiger partial charge in [0, 0.05) is 11.8 Å². The normalized spacial score (nSPS) is 10.8. The number of nitrogens with one attached hydrogen (secondary N) is 1. The standard InChI is InChI=1S/C21H15F3N4O3/c1-12-4-3-5-14(8-12)26-19(29)15-10-18(21(22,23)24)27-28-20(15)31-16-7-6-13(11-25)9-17(16)30-2/h3-10H,1-2H3,(H,26,29). The Morgan fingerprint density at radius 2 is 1.87 bits per heavy atom. The van der Waals surface area contributed by atoms with Gasteiger partial charge in [0.15, 0.2) is 17.2 Å². The molecule has 0 unspecified atom stereocenters. The van der Waals surface area contributed by atoms with Crippen molar-refractivity contribution in [3.05, 3.63) is 70.9 Å². The summed E-state index contributed by atoms with van der Waals surface area (Å²) in [5.74, 6) is -1.15. The van der Waals surface area contributed by atoms with Crippen molar-refractivity contribution < 1.29 is 27.4 Å². The van der Waals surface area contributed by atoms with Crippen LogP contribution in [0.25, 0.3) is 0 Å². The minimum absolute atomic E-state index is 0.0418. The molecule has 0 aliphatic heterocycles. The summed E-state index contributed by atoms with van der Waals surface area (Å²) in [6.07, 6.45) is -4.81. The zero-order valence-corrected chi connectivity index (χ0v) is 16.3. The zero-order valence-electron chi connectivity index (χ0n) is 16.3. The molecular weight excluding hydrogens is 413 g/mol. The molecular formula is C21H15F3N4O3. The predicted molar refractivity (Wildman–Crippen MR) is 104 cm³/mol. The van der Waals surface area contributed by atoms with E-state index in [2.05, 4.69) is 15.5 Å². The number of carbonyl (C=O) groups is 1. The first-order valence-electron chi connectivity index (χ1n) is 8.80. The number of nitrogens with zero attached hydrogens (tertiary/aromatic N) is 3. The molecule has 1 heterocycles. The van der Waals surface area contributed by atoms with Gasteiger partial charge in [-0.25, -0.2) is 0 Å². The first-order chi connectivity index (χ1) is 14.7. The Hall–Kier alpha value is -4.13.